The molecular formula is C12H10F2N6O2S. The molecule has 2 N–H and O–H groups in total. The first-order valence-corrected chi connectivity index (χ1v) is 7.12. The van der Waals surface area contributed by atoms with Crippen molar-refractivity contribution >= 4 is 28.3 Å². The van der Waals surface area contributed by atoms with E-state index in [4.69, 9.17) is 4.42 Å². The van der Waals surface area contributed by atoms with Gasteiger partial charge in [0.05, 0.1) is 6.26 Å². The normalized spacial score (nSPS) is 11.0. The van der Waals surface area contributed by atoms with E-state index in [1.807, 2.05) is 0 Å². The maximum atomic E-state index is 12.6. The van der Waals surface area contributed by atoms with Crippen LogP contribution in [0.5, 0.6) is 0 Å². The Bertz CT molecular complexity index is 814. The molecule has 11 heteroatoms. The smallest absolute Gasteiger partial charge is 0.326 e. The number of anilines is 2. The maximum Gasteiger partial charge on any atom is 0.326 e. The van der Waals surface area contributed by atoms with Gasteiger partial charge in [-0.25, -0.2) is 13.6 Å². The molecule has 2 amide bonds. The third-order valence-electron chi connectivity index (χ3n) is 2.76. The summed E-state index contributed by atoms with van der Waals surface area (Å²) in [5.41, 5.74) is -0.295. The van der Waals surface area contributed by atoms with E-state index in [0.29, 0.717) is 10.8 Å². The number of aromatic nitrogens is 4. The molecule has 0 saturated heterocycles. The van der Waals surface area contributed by atoms with Crippen molar-refractivity contribution in [2.45, 2.75) is 6.43 Å². The zero-order valence-corrected chi connectivity index (χ0v) is 12.5. The van der Waals surface area contributed by atoms with Gasteiger partial charge in [0.1, 0.15) is 5.69 Å². The van der Waals surface area contributed by atoms with Crippen LogP contribution in [0.1, 0.15) is 12.1 Å². The Morgan fingerprint density at radius 1 is 1.39 bits per heavy atom. The average molecular weight is 340 g/mol. The number of carbonyl (C=O) groups is 1. The van der Waals surface area contributed by atoms with Crippen molar-refractivity contribution in [3.05, 3.63) is 30.2 Å². The lowest BCUT2D eigenvalue weighted by molar-refractivity contribution is 0.141. The van der Waals surface area contributed by atoms with Crippen LogP contribution in [-0.4, -0.2) is 26.0 Å². The first kappa shape index (κ1) is 15.1. The highest BCUT2D eigenvalue weighted by atomic mass is 32.1. The number of alkyl halides is 2. The van der Waals surface area contributed by atoms with Crippen LogP contribution in [0.2, 0.25) is 0 Å². The van der Waals surface area contributed by atoms with Gasteiger partial charge in [0, 0.05) is 13.1 Å². The fourth-order valence-electron chi connectivity index (χ4n) is 1.77. The molecular weight excluding hydrogens is 330 g/mol. The van der Waals surface area contributed by atoms with E-state index in [9.17, 15) is 13.6 Å². The van der Waals surface area contributed by atoms with Crippen LogP contribution in [0.15, 0.2) is 28.9 Å². The molecule has 0 unspecified atom stereocenters. The lowest BCUT2D eigenvalue weighted by Crippen LogP contribution is -2.19. The Balaban J connectivity index is 1.64. The number of furan rings is 1. The van der Waals surface area contributed by atoms with Gasteiger partial charge in [0.2, 0.25) is 5.13 Å². The number of nitrogens with one attached hydrogen (secondary N) is 2. The van der Waals surface area contributed by atoms with E-state index in [-0.39, 0.29) is 16.6 Å². The van der Waals surface area contributed by atoms with Gasteiger partial charge in [-0.1, -0.05) is 11.3 Å². The average Bonchev–Trinajstić information content (AvgIpc) is 3.18. The van der Waals surface area contributed by atoms with Crippen molar-refractivity contribution in [2.75, 3.05) is 10.6 Å². The molecule has 0 bridgehead atoms. The number of rotatable bonds is 4. The van der Waals surface area contributed by atoms with Gasteiger partial charge in [-0.05, 0) is 12.1 Å². The minimum absolute atomic E-state index is 0.0103. The Hall–Kier alpha value is -2.82. The molecule has 3 rings (SSSR count). The van der Waals surface area contributed by atoms with Gasteiger partial charge in [-0.3, -0.25) is 15.3 Å². The third-order valence-corrected chi connectivity index (χ3v) is 3.61. The number of carbonyl (C=O) groups excluding carboxylic acids is 1. The van der Waals surface area contributed by atoms with Gasteiger partial charge in [0.15, 0.2) is 16.6 Å². The molecule has 120 valence electrons. The Morgan fingerprint density at radius 2 is 2.22 bits per heavy atom. The summed E-state index contributed by atoms with van der Waals surface area (Å²) in [5, 5.41) is 17.0. The van der Waals surface area contributed by atoms with Crippen molar-refractivity contribution in [1.82, 2.24) is 20.0 Å². The highest BCUT2D eigenvalue weighted by Crippen LogP contribution is 2.26. The molecule has 0 fully saturated rings. The van der Waals surface area contributed by atoms with Crippen LogP contribution >= 0.6 is 11.3 Å². The van der Waals surface area contributed by atoms with Crippen LogP contribution in [0.25, 0.3) is 10.8 Å². The zero-order valence-electron chi connectivity index (χ0n) is 11.7. The second-order valence-corrected chi connectivity index (χ2v) is 5.33. The molecule has 23 heavy (non-hydrogen) atoms. The fraction of sp³-hybridized carbons (Fsp3) is 0.167. The molecule has 3 aromatic heterocycles. The predicted octanol–water partition coefficient (Wildman–Crippen LogP) is 3.11. The van der Waals surface area contributed by atoms with E-state index < -0.39 is 12.5 Å². The van der Waals surface area contributed by atoms with Gasteiger partial charge in [-0.2, -0.15) is 5.10 Å². The standard InChI is InChI=1S/C12H10F2N6O2S/c1-20-6(9(13)14)5-8(19-20)15-11(21)16-12-18-17-10(23-12)7-3-2-4-22-7/h2-5,9H,1H3,(H2,15,16,18,19,21). The van der Waals surface area contributed by atoms with Crippen molar-refractivity contribution in [3.8, 4) is 10.8 Å². The highest BCUT2D eigenvalue weighted by molar-refractivity contribution is 7.18. The minimum Gasteiger partial charge on any atom is -0.462 e. The summed E-state index contributed by atoms with van der Waals surface area (Å²) in [5.74, 6) is 0.540. The molecule has 8 nitrogen and oxygen atoms in total. The van der Waals surface area contributed by atoms with Crippen molar-refractivity contribution < 1.29 is 18.0 Å². The van der Waals surface area contributed by atoms with E-state index >= 15 is 0 Å². The summed E-state index contributed by atoms with van der Waals surface area (Å²) in [7, 11) is 1.37. The summed E-state index contributed by atoms with van der Waals surface area (Å²) in [6.07, 6.45) is -1.18. The molecule has 3 aromatic rings. The number of hydrogen-bond acceptors (Lipinski definition) is 6. The zero-order chi connectivity index (χ0) is 16.4. The monoisotopic (exact) mass is 340 g/mol. The molecule has 0 saturated carbocycles. The van der Waals surface area contributed by atoms with Crippen molar-refractivity contribution in [2.24, 2.45) is 7.05 Å². The van der Waals surface area contributed by atoms with Crippen molar-refractivity contribution in [3.63, 3.8) is 0 Å². The Morgan fingerprint density at radius 3 is 2.87 bits per heavy atom. The van der Waals surface area contributed by atoms with Gasteiger partial charge in [0.25, 0.3) is 6.43 Å². The molecule has 3 heterocycles. The Labute approximate surface area is 132 Å². The summed E-state index contributed by atoms with van der Waals surface area (Å²) in [4.78, 5) is 11.8. The van der Waals surface area contributed by atoms with Crippen LogP contribution in [-0.2, 0) is 7.05 Å². The summed E-state index contributed by atoms with van der Waals surface area (Å²) >= 11 is 1.11. The van der Waals surface area contributed by atoms with E-state index in [2.05, 4.69) is 25.9 Å². The molecule has 0 aromatic carbocycles. The lowest BCUT2D eigenvalue weighted by Gasteiger charge is -2.00. The van der Waals surface area contributed by atoms with Crippen LogP contribution < -0.4 is 10.6 Å². The highest BCUT2D eigenvalue weighted by Gasteiger charge is 2.16. The quantitative estimate of drug-likeness (QED) is 0.760. The molecule has 0 atom stereocenters. The fourth-order valence-corrected chi connectivity index (χ4v) is 2.47. The number of aryl methyl sites for hydroxylation is 1. The minimum atomic E-state index is -2.68. The van der Waals surface area contributed by atoms with Gasteiger partial charge in [-0.15, -0.1) is 10.2 Å². The van der Waals surface area contributed by atoms with Crippen LogP contribution in [0.3, 0.4) is 0 Å². The summed E-state index contributed by atoms with van der Waals surface area (Å²) in [6, 6.07) is 3.85. The lowest BCUT2D eigenvalue weighted by atomic mass is 10.4. The van der Waals surface area contributed by atoms with Gasteiger partial charge < -0.3 is 4.42 Å². The van der Waals surface area contributed by atoms with E-state index in [0.717, 1.165) is 22.1 Å². The van der Waals surface area contributed by atoms with Crippen LogP contribution in [0.4, 0.5) is 24.5 Å². The SMILES string of the molecule is Cn1nc(NC(=O)Nc2nnc(-c3ccco3)s2)cc1C(F)F. The summed E-state index contributed by atoms with van der Waals surface area (Å²) in [6.45, 7) is 0. The number of halogens is 2. The molecule has 0 aliphatic carbocycles. The van der Waals surface area contributed by atoms with Gasteiger partial charge >= 0.3 is 6.03 Å². The third kappa shape index (κ3) is 3.34. The number of urea groups is 1. The first-order chi connectivity index (χ1) is 11.0. The molecule has 0 spiro atoms. The van der Waals surface area contributed by atoms with E-state index in [1.165, 1.54) is 13.3 Å². The Kier molecular flexibility index (Phi) is 4.02. The molecule has 0 aliphatic rings. The topological polar surface area (TPSA) is 97.9 Å². The summed E-state index contributed by atoms with van der Waals surface area (Å²) < 4.78 is 31.5. The second-order valence-electron chi connectivity index (χ2n) is 4.35. The van der Waals surface area contributed by atoms with Crippen LogP contribution in [0, 0.1) is 0 Å². The number of nitrogens with zero attached hydrogens (tertiary/aromatic N) is 4. The predicted molar refractivity (Wildman–Crippen MR) is 78.4 cm³/mol. The van der Waals surface area contributed by atoms with Crippen molar-refractivity contribution in [1.29, 1.82) is 0 Å². The molecule has 0 aliphatic heterocycles. The maximum absolute atomic E-state index is 12.6. The number of hydrogen-bond donors (Lipinski definition) is 2. The second kappa shape index (κ2) is 6.12. The largest absolute Gasteiger partial charge is 0.462 e. The molecule has 0 radical (unpaired) electrons. The van der Waals surface area contributed by atoms with E-state index in [1.54, 1.807) is 12.1 Å². The number of amides is 2. The first-order valence-electron chi connectivity index (χ1n) is 6.30.